The highest BCUT2D eigenvalue weighted by Crippen LogP contribution is 2.19. The molecule has 6 heteroatoms. The van der Waals surface area contributed by atoms with Crippen LogP contribution in [0.15, 0.2) is 18.2 Å². The average Bonchev–Trinajstić information content (AvgIpc) is 2.42. The third-order valence-corrected chi connectivity index (χ3v) is 3.65. The molecule has 2 rings (SSSR count). The van der Waals surface area contributed by atoms with E-state index in [4.69, 9.17) is 22.1 Å². The molecule has 0 bridgehead atoms. The average molecular weight is 298 g/mol. The third kappa shape index (κ3) is 4.18. The first-order valence-corrected chi connectivity index (χ1v) is 7.03. The van der Waals surface area contributed by atoms with Crippen LogP contribution >= 0.6 is 11.6 Å². The standard InChI is InChI=1S/C14H20ClN3O2/c1-18(9-12-7-17-4-5-20-12)8-11-3-2-10(14(16)19)6-13(11)15/h2-3,6,12,17H,4-5,7-9H2,1H3,(H2,16,19). The molecule has 1 amide bonds. The van der Waals surface area contributed by atoms with Crippen LogP contribution in [0.2, 0.25) is 5.02 Å². The Balaban J connectivity index is 1.93. The van der Waals surface area contributed by atoms with Gasteiger partial charge in [-0.2, -0.15) is 0 Å². The molecular weight excluding hydrogens is 278 g/mol. The zero-order valence-electron chi connectivity index (χ0n) is 11.6. The quantitative estimate of drug-likeness (QED) is 0.846. The molecule has 1 heterocycles. The summed E-state index contributed by atoms with van der Waals surface area (Å²) < 4.78 is 5.67. The Labute approximate surface area is 124 Å². The Kier molecular flexibility index (Phi) is 5.37. The number of nitrogens with two attached hydrogens (primary N) is 1. The van der Waals surface area contributed by atoms with E-state index in [0.717, 1.165) is 31.8 Å². The Morgan fingerprint density at radius 1 is 1.60 bits per heavy atom. The van der Waals surface area contributed by atoms with Gasteiger partial charge in [-0.25, -0.2) is 0 Å². The molecular formula is C14H20ClN3O2. The summed E-state index contributed by atoms with van der Waals surface area (Å²) in [5.41, 5.74) is 6.63. The fourth-order valence-electron chi connectivity index (χ4n) is 2.27. The summed E-state index contributed by atoms with van der Waals surface area (Å²) in [6.07, 6.45) is 0.206. The Hall–Kier alpha value is -1.14. The molecule has 1 aromatic carbocycles. The molecule has 1 saturated heterocycles. The second-order valence-corrected chi connectivity index (χ2v) is 5.47. The summed E-state index contributed by atoms with van der Waals surface area (Å²) in [6.45, 7) is 4.09. The van der Waals surface area contributed by atoms with Gasteiger partial charge in [0.05, 0.1) is 12.7 Å². The largest absolute Gasteiger partial charge is 0.374 e. The molecule has 0 aliphatic carbocycles. The minimum absolute atomic E-state index is 0.206. The van der Waals surface area contributed by atoms with Crippen LogP contribution in [0, 0.1) is 0 Å². The maximum absolute atomic E-state index is 11.1. The van der Waals surface area contributed by atoms with Crippen molar-refractivity contribution in [3.63, 3.8) is 0 Å². The van der Waals surface area contributed by atoms with Gasteiger partial charge in [0.15, 0.2) is 0 Å². The molecule has 0 spiro atoms. The van der Waals surface area contributed by atoms with Crippen LogP contribution in [-0.2, 0) is 11.3 Å². The monoisotopic (exact) mass is 297 g/mol. The van der Waals surface area contributed by atoms with Crippen LogP contribution in [0.5, 0.6) is 0 Å². The summed E-state index contributed by atoms with van der Waals surface area (Å²) in [4.78, 5) is 13.2. The van der Waals surface area contributed by atoms with E-state index in [1.165, 1.54) is 0 Å². The van der Waals surface area contributed by atoms with Crippen molar-refractivity contribution in [3.8, 4) is 0 Å². The second kappa shape index (κ2) is 7.04. The molecule has 20 heavy (non-hydrogen) atoms. The molecule has 1 aromatic rings. The van der Waals surface area contributed by atoms with E-state index >= 15 is 0 Å². The van der Waals surface area contributed by atoms with Crippen LogP contribution in [0.4, 0.5) is 0 Å². The van der Waals surface area contributed by atoms with Gasteiger partial charge in [-0.05, 0) is 24.7 Å². The molecule has 1 aliphatic heterocycles. The lowest BCUT2D eigenvalue weighted by Gasteiger charge is -2.28. The van der Waals surface area contributed by atoms with Crippen molar-refractivity contribution in [3.05, 3.63) is 34.3 Å². The van der Waals surface area contributed by atoms with E-state index in [2.05, 4.69) is 10.2 Å². The first kappa shape index (κ1) is 15.3. The fraction of sp³-hybridized carbons (Fsp3) is 0.500. The molecule has 110 valence electrons. The number of hydrogen-bond acceptors (Lipinski definition) is 4. The van der Waals surface area contributed by atoms with E-state index in [1.54, 1.807) is 12.1 Å². The number of amides is 1. The highest BCUT2D eigenvalue weighted by molar-refractivity contribution is 6.31. The summed E-state index contributed by atoms with van der Waals surface area (Å²) in [5, 5.41) is 3.87. The first-order valence-electron chi connectivity index (χ1n) is 6.65. The smallest absolute Gasteiger partial charge is 0.248 e. The zero-order chi connectivity index (χ0) is 14.5. The lowest BCUT2D eigenvalue weighted by molar-refractivity contribution is 0.00885. The minimum Gasteiger partial charge on any atom is -0.374 e. The molecule has 1 aliphatic rings. The molecule has 1 unspecified atom stereocenters. The summed E-state index contributed by atoms with van der Waals surface area (Å²) in [6, 6.07) is 5.17. The number of likely N-dealkylation sites (N-methyl/N-ethyl adjacent to an activating group) is 1. The van der Waals surface area contributed by atoms with Crippen molar-refractivity contribution in [1.82, 2.24) is 10.2 Å². The van der Waals surface area contributed by atoms with Gasteiger partial charge in [0.2, 0.25) is 5.91 Å². The third-order valence-electron chi connectivity index (χ3n) is 3.30. The Morgan fingerprint density at radius 3 is 3.00 bits per heavy atom. The van der Waals surface area contributed by atoms with Crippen molar-refractivity contribution in [2.75, 3.05) is 33.3 Å². The van der Waals surface area contributed by atoms with E-state index in [0.29, 0.717) is 17.1 Å². The highest BCUT2D eigenvalue weighted by atomic mass is 35.5. The number of primary amides is 1. The van der Waals surface area contributed by atoms with Gasteiger partial charge < -0.3 is 15.8 Å². The summed E-state index contributed by atoms with van der Waals surface area (Å²) in [5.74, 6) is -0.464. The lowest BCUT2D eigenvalue weighted by atomic mass is 10.1. The fourth-order valence-corrected chi connectivity index (χ4v) is 2.51. The molecule has 0 saturated carbocycles. The number of halogens is 1. The normalized spacial score (nSPS) is 19.2. The van der Waals surface area contributed by atoms with Gasteiger partial charge in [0, 0.05) is 36.8 Å². The van der Waals surface area contributed by atoms with Crippen molar-refractivity contribution in [1.29, 1.82) is 0 Å². The van der Waals surface area contributed by atoms with E-state index in [9.17, 15) is 4.79 Å². The second-order valence-electron chi connectivity index (χ2n) is 5.06. The predicted molar refractivity (Wildman–Crippen MR) is 78.9 cm³/mol. The van der Waals surface area contributed by atoms with E-state index < -0.39 is 5.91 Å². The van der Waals surface area contributed by atoms with Crippen LogP contribution in [0.25, 0.3) is 0 Å². The van der Waals surface area contributed by atoms with Crippen molar-refractivity contribution in [2.24, 2.45) is 5.73 Å². The molecule has 0 aromatic heterocycles. The molecule has 1 atom stereocenters. The van der Waals surface area contributed by atoms with Crippen LogP contribution in [-0.4, -0.2) is 50.2 Å². The summed E-state index contributed by atoms with van der Waals surface area (Å²) >= 11 is 6.18. The van der Waals surface area contributed by atoms with Gasteiger partial charge in [-0.15, -0.1) is 0 Å². The number of carbonyl (C=O) groups is 1. The van der Waals surface area contributed by atoms with Crippen LogP contribution in [0.1, 0.15) is 15.9 Å². The topological polar surface area (TPSA) is 67.6 Å². The molecule has 5 nitrogen and oxygen atoms in total. The molecule has 0 radical (unpaired) electrons. The Morgan fingerprint density at radius 2 is 2.40 bits per heavy atom. The van der Waals surface area contributed by atoms with Gasteiger partial charge in [0.25, 0.3) is 0 Å². The minimum atomic E-state index is -0.464. The lowest BCUT2D eigenvalue weighted by Crippen LogP contribution is -2.44. The number of carbonyl (C=O) groups excluding carboxylic acids is 1. The van der Waals surface area contributed by atoms with Gasteiger partial charge >= 0.3 is 0 Å². The number of nitrogens with zero attached hydrogens (tertiary/aromatic N) is 1. The predicted octanol–water partition coefficient (Wildman–Crippen LogP) is 0.859. The van der Waals surface area contributed by atoms with Gasteiger partial charge in [-0.3, -0.25) is 9.69 Å². The summed E-state index contributed by atoms with van der Waals surface area (Å²) in [7, 11) is 2.02. The molecule has 1 fully saturated rings. The zero-order valence-corrected chi connectivity index (χ0v) is 12.3. The van der Waals surface area contributed by atoms with Gasteiger partial charge in [0.1, 0.15) is 0 Å². The maximum atomic E-state index is 11.1. The van der Waals surface area contributed by atoms with Crippen LogP contribution < -0.4 is 11.1 Å². The van der Waals surface area contributed by atoms with E-state index in [1.807, 2.05) is 13.1 Å². The number of benzene rings is 1. The number of ether oxygens (including phenoxy) is 1. The SMILES string of the molecule is CN(Cc1ccc(C(N)=O)cc1Cl)CC1CNCCO1. The number of morpholine rings is 1. The van der Waals surface area contributed by atoms with Crippen LogP contribution in [0.3, 0.4) is 0 Å². The number of nitrogens with one attached hydrogen (secondary N) is 1. The maximum Gasteiger partial charge on any atom is 0.248 e. The van der Waals surface area contributed by atoms with Crippen molar-refractivity contribution in [2.45, 2.75) is 12.6 Å². The number of hydrogen-bond donors (Lipinski definition) is 2. The van der Waals surface area contributed by atoms with Gasteiger partial charge in [-0.1, -0.05) is 17.7 Å². The first-order chi connectivity index (χ1) is 9.56. The molecule has 3 N–H and O–H groups in total. The van der Waals surface area contributed by atoms with Crippen molar-refractivity contribution >= 4 is 17.5 Å². The van der Waals surface area contributed by atoms with Crippen molar-refractivity contribution < 1.29 is 9.53 Å². The number of rotatable bonds is 5. The highest BCUT2D eigenvalue weighted by Gasteiger charge is 2.16. The van der Waals surface area contributed by atoms with E-state index in [-0.39, 0.29) is 6.10 Å². The Bertz CT molecular complexity index is 475.